The molecule has 0 saturated carbocycles. The van der Waals surface area contributed by atoms with Crippen LogP contribution in [0.5, 0.6) is 0 Å². The molecule has 2 aromatic heterocycles. The van der Waals surface area contributed by atoms with Gasteiger partial charge in [0.2, 0.25) is 5.91 Å². The Balaban J connectivity index is 1.93. The molecular weight excluding hydrogens is 348 g/mol. The van der Waals surface area contributed by atoms with E-state index in [1.807, 2.05) is 0 Å². The average molecular weight is 368 g/mol. The minimum Gasteiger partial charge on any atom is -0.360 e. The van der Waals surface area contributed by atoms with Gasteiger partial charge in [0, 0.05) is 11.3 Å². The lowest BCUT2D eigenvalue weighted by Crippen LogP contribution is -2.35. The van der Waals surface area contributed by atoms with Gasteiger partial charge in [-0.3, -0.25) is 14.4 Å². The number of carbonyl (C=O) groups is 2. The first kappa shape index (κ1) is 18.5. The molecule has 1 amide bonds. The lowest BCUT2D eigenvalue weighted by atomic mass is 10.1. The van der Waals surface area contributed by atoms with Crippen LogP contribution in [0, 0.1) is 13.8 Å². The summed E-state index contributed by atoms with van der Waals surface area (Å²) in [5, 5.41) is 11.5. The van der Waals surface area contributed by atoms with E-state index in [1.165, 1.54) is 6.92 Å². The number of hydrogen-bond donors (Lipinski definition) is 1. The van der Waals surface area contributed by atoms with Gasteiger partial charge in [-0.15, -0.1) is 0 Å². The summed E-state index contributed by atoms with van der Waals surface area (Å²) in [7, 11) is 0. The Hall–Kier alpha value is -3.29. The predicted molar refractivity (Wildman–Crippen MR) is 99.9 cm³/mol. The zero-order valence-corrected chi connectivity index (χ0v) is 15.6. The minimum absolute atomic E-state index is 0.0539. The summed E-state index contributed by atoms with van der Waals surface area (Å²) < 4.78 is 6.25. The number of carbonyl (C=O) groups excluding carboxylic acids is 2. The fourth-order valence-electron chi connectivity index (χ4n) is 3.00. The van der Waals surface area contributed by atoms with Crippen LogP contribution in [0.15, 0.2) is 33.6 Å². The quantitative estimate of drug-likeness (QED) is 0.694. The summed E-state index contributed by atoms with van der Waals surface area (Å²) in [4.78, 5) is 36.8. The molecule has 0 saturated heterocycles. The minimum atomic E-state index is -0.801. The first-order chi connectivity index (χ1) is 12.8. The van der Waals surface area contributed by atoms with Crippen LogP contribution in [0.2, 0.25) is 0 Å². The van der Waals surface area contributed by atoms with Gasteiger partial charge in [0.1, 0.15) is 11.8 Å². The van der Waals surface area contributed by atoms with Crippen molar-refractivity contribution in [1.82, 2.24) is 14.9 Å². The second-order valence-electron chi connectivity index (χ2n) is 6.34. The van der Waals surface area contributed by atoms with Crippen LogP contribution >= 0.6 is 0 Å². The Morgan fingerprint density at radius 2 is 1.89 bits per heavy atom. The van der Waals surface area contributed by atoms with Gasteiger partial charge in [0.15, 0.2) is 11.3 Å². The summed E-state index contributed by atoms with van der Waals surface area (Å²) in [6, 6.07) is 5.76. The monoisotopic (exact) mass is 368 g/mol. The summed E-state index contributed by atoms with van der Waals surface area (Å²) in [6.45, 7) is 6.73. The van der Waals surface area contributed by atoms with Gasteiger partial charge in [0.05, 0.1) is 11.1 Å². The van der Waals surface area contributed by atoms with Crippen LogP contribution in [0.25, 0.3) is 10.9 Å². The number of aromatic nitrogens is 3. The highest BCUT2D eigenvalue weighted by Gasteiger charge is 2.24. The number of Topliss-reactive ketones (excluding diaryl/α,β-unsaturated/α-hetero) is 1. The number of aryl methyl sites for hydroxylation is 2. The molecule has 8 heteroatoms. The summed E-state index contributed by atoms with van der Waals surface area (Å²) >= 11 is 0. The fourth-order valence-corrected chi connectivity index (χ4v) is 3.00. The Kier molecular flexibility index (Phi) is 4.89. The van der Waals surface area contributed by atoms with Crippen molar-refractivity contribution in [2.45, 2.75) is 40.2 Å². The van der Waals surface area contributed by atoms with Crippen molar-refractivity contribution in [3.63, 3.8) is 0 Å². The Labute approximate surface area is 155 Å². The molecule has 0 radical (unpaired) electrons. The zero-order chi connectivity index (χ0) is 19.7. The van der Waals surface area contributed by atoms with Crippen molar-refractivity contribution >= 4 is 28.3 Å². The number of fused-ring (bicyclic) bond motifs is 1. The molecule has 0 spiro atoms. The third kappa shape index (κ3) is 3.38. The van der Waals surface area contributed by atoms with Crippen LogP contribution < -0.4 is 10.9 Å². The van der Waals surface area contributed by atoms with E-state index in [-0.39, 0.29) is 17.2 Å². The van der Waals surface area contributed by atoms with E-state index in [0.717, 1.165) is 4.68 Å². The van der Waals surface area contributed by atoms with E-state index < -0.39 is 11.6 Å². The molecule has 1 atom stereocenters. The van der Waals surface area contributed by atoms with Crippen molar-refractivity contribution < 1.29 is 14.1 Å². The third-order valence-electron chi connectivity index (χ3n) is 4.44. The van der Waals surface area contributed by atoms with Gasteiger partial charge < -0.3 is 9.84 Å². The molecule has 1 aromatic carbocycles. The first-order valence-corrected chi connectivity index (χ1v) is 8.60. The second kappa shape index (κ2) is 7.14. The molecule has 0 aliphatic carbocycles. The van der Waals surface area contributed by atoms with E-state index >= 15 is 0 Å². The Morgan fingerprint density at radius 3 is 2.48 bits per heavy atom. The normalized spacial score (nSPS) is 12.1. The molecule has 0 aliphatic heterocycles. The summed E-state index contributed by atoms with van der Waals surface area (Å²) in [5.41, 5.74) is 1.35. The standard InChI is InChI=1S/C19H20N4O4/c1-5-15(18(25)20-14-8-6-13(7-9-14)11(3)24)23-19(26)17-16(10(2)21-23)12(4)27-22-17/h6-9,15H,5H2,1-4H3,(H,20,25)/t15-/m1/s1. The average Bonchev–Trinajstić information content (AvgIpc) is 3.02. The van der Waals surface area contributed by atoms with E-state index in [4.69, 9.17) is 4.52 Å². The van der Waals surface area contributed by atoms with Gasteiger partial charge in [-0.1, -0.05) is 12.1 Å². The molecule has 0 bridgehead atoms. The Morgan fingerprint density at radius 1 is 1.22 bits per heavy atom. The predicted octanol–water partition coefficient (Wildman–Crippen LogP) is 2.79. The zero-order valence-electron chi connectivity index (χ0n) is 15.6. The number of nitrogens with zero attached hydrogens (tertiary/aromatic N) is 3. The SMILES string of the molecule is CC[C@H](C(=O)Nc1ccc(C(C)=O)cc1)n1nc(C)c2c(C)onc2c1=O. The first-order valence-electron chi connectivity index (χ1n) is 8.60. The highest BCUT2D eigenvalue weighted by Crippen LogP contribution is 2.20. The molecule has 1 N–H and O–H groups in total. The molecule has 140 valence electrons. The number of nitrogens with one attached hydrogen (secondary N) is 1. The molecule has 2 heterocycles. The lowest BCUT2D eigenvalue weighted by Gasteiger charge is -2.17. The molecule has 3 aromatic rings. The maximum atomic E-state index is 12.7. The van der Waals surface area contributed by atoms with E-state index in [1.54, 1.807) is 45.0 Å². The number of ketones is 1. The van der Waals surface area contributed by atoms with Gasteiger partial charge in [0.25, 0.3) is 5.56 Å². The molecular formula is C19H20N4O4. The summed E-state index contributed by atoms with van der Waals surface area (Å²) in [5.74, 6) is 0.0886. The van der Waals surface area contributed by atoms with Crippen LogP contribution in [-0.2, 0) is 4.79 Å². The highest BCUT2D eigenvalue weighted by atomic mass is 16.5. The van der Waals surface area contributed by atoms with Crippen LogP contribution in [-0.4, -0.2) is 26.6 Å². The Bertz CT molecular complexity index is 1080. The van der Waals surface area contributed by atoms with Crippen molar-refractivity contribution in [2.75, 3.05) is 5.32 Å². The maximum Gasteiger partial charge on any atom is 0.297 e. The number of benzene rings is 1. The largest absolute Gasteiger partial charge is 0.360 e. The highest BCUT2D eigenvalue weighted by molar-refractivity contribution is 5.96. The van der Waals surface area contributed by atoms with Crippen molar-refractivity contribution in [3.05, 3.63) is 51.6 Å². The number of rotatable bonds is 5. The second-order valence-corrected chi connectivity index (χ2v) is 6.34. The number of hydrogen-bond acceptors (Lipinski definition) is 6. The molecule has 8 nitrogen and oxygen atoms in total. The van der Waals surface area contributed by atoms with Gasteiger partial charge in [-0.25, -0.2) is 4.68 Å². The van der Waals surface area contributed by atoms with Crippen LogP contribution in [0.4, 0.5) is 5.69 Å². The summed E-state index contributed by atoms with van der Waals surface area (Å²) in [6.07, 6.45) is 0.367. The number of anilines is 1. The maximum absolute atomic E-state index is 12.7. The van der Waals surface area contributed by atoms with Crippen molar-refractivity contribution in [1.29, 1.82) is 0 Å². The smallest absolute Gasteiger partial charge is 0.297 e. The van der Waals surface area contributed by atoms with Gasteiger partial charge in [-0.2, -0.15) is 5.10 Å². The lowest BCUT2D eigenvalue weighted by molar-refractivity contribution is -0.119. The molecule has 27 heavy (non-hydrogen) atoms. The fraction of sp³-hybridized carbons (Fsp3) is 0.316. The van der Waals surface area contributed by atoms with Crippen LogP contribution in [0.1, 0.15) is 48.1 Å². The molecule has 3 rings (SSSR count). The van der Waals surface area contributed by atoms with Crippen molar-refractivity contribution in [2.24, 2.45) is 0 Å². The van der Waals surface area contributed by atoms with Crippen LogP contribution in [0.3, 0.4) is 0 Å². The van der Waals surface area contributed by atoms with Gasteiger partial charge in [-0.05, 0) is 51.5 Å². The van der Waals surface area contributed by atoms with E-state index in [2.05, 4.69) is 15.6 Å². The topological polar surface area (TPSA) is 107 Å². The van der Waals surface area contributed by atoms with E-state index in [0.29, 0.717) is 34.5 Å². The van der Waals surface area contributed by atoms with Crippen molar-refractivity contribution in [3.8, 4) is 0 Å². The van der Waals surface area contributed by atoms with Gasteiger partial charge >= 0.3 is 0 Å². The molecule has 0 aliphatic rings. The third-order valence-corrected chi connectivity index (χ3v) is 4.44. The van der Waals surface area contributed by atoms with E-state index in [9.17, 15) is 14.4 Å². The molecule has 0 unspecified atom stereocenters. The number of amides is 1. The molecule has 0 fully saturated rings.